The third-order valence-corrected chi connectivity index (χ3v) is 3.91. The Labute approximate surface area is 139 Å². The smallest absolute Gasteiger partial charge is 0.383 e. The molecule has 0 spiro atoms. The minimum absolute atomic E-state index is 0.100. The summed E-state index contributed by atoms with van der Waals surface area (Å²) in [6, 6.07) is 0. The van der Waals surface area contributed by atoms with Crippen LogP contribution in [-0.4, -0.2) is 32.3 Å². The van der Waals surface area contributed by atoms with Crippen molar-refractivity contribution in [2.24, 2.45) is 0 Å². The van der Waals surface area contributed by atoms with Crippen molar-refractivity contribution in [1.82, 2.24) is 15.3 Å². The van der Waals surface area contributed by atoms with Gasteiger partial charge in [-0.1, -0.05) is 0 Å². The van der Waals surface area contributed by atoms with E-state index in [0.717, 1.165) is 0 Å². The standard InChI is InChI=1S/C12H19N4O5PS/c1-7(10(23)3-4-21-22(18,19)20)12(17)15-6-9-5-14-8(2)16-11(9)13/h5,23H,3-4,6H2,1-2H3,(H,15,17)(H2,13,14,16)(H2,18,19,20)/b10-7-. The Morgan fingerprint density at radius 3 is 2.74 bits per heavy atom. The fraction of sp³-hybridized carbons (Fsp3) is 0.417. The lowest BCUT2D eigenvalue weighted by molar-refractivity contribution is -0.117. The number of nitrogen functional groups attached to an aromatic ring is 1. The summed E-state index contributed by atoms with van der Waals surface area (Å²) in [6.07, 6.45) is 1.63. The average molecular weight is 362 g/mol. The predicted octanol–water partition coefficient (Wildman–Crippen LogP) is 0.687. The first-order valence-electron chi connectivity index (χ1n) is 6.55. The minimum atomic E-state index is -4.52. The number of rotatable bonds is 7. The maximum atomic E-state index is 12.0. The molecule has 11 heteroatoms. The number of nitrogens with two attached hydrogens (primary N) is 1. The maximum Gasteiger partial charge on any atom is 0.469 e. The summed E-state index contributed by atoms with van der Waals surface area (Å²) in [7, 11) is -4.52. The van der Waals surface area contributed by atoms with Gasteiger partial charge in [-0.2, -0.15) is 0 Å². The molecule has 0 fully saturated rings. The molecule has 9 nitrogen and oxygen atoms in total. The summed E-state index contributed by atoms with van der Waals surface area (Å²) >= 11 is 4.14. The van der Waals surface area contributed by atoms with Crippen molar-refractivity contribution in [2.45, 2.75) is 26.8 Å². The zero-order valence-electron chi connectivity index (χ0n) is 12.7. The van der Waals surface area contributed by atoms with Gasteiger partial charge in [-0.25, -0.2) is 14.5 Å². The van der Waals surface area contributed by atoms with E-state index in [0.29, 0.717) is 27.7 Å². The zero-order chi connectivity index (χ0) is 17.6. The number of phosphoric acid groups is 1. The van der Waals surface area contributed by atoms with E-state index >= 15 is 0 Å². The number of nitrogens with one attached hydrogen (secondary N) is 1. The number of carbonyl (C=O) groups excluding carboxylic acids is 1. The molecule has 1 aromatic rings. The Morgan fingerprint density at radius 1 is 1.52 bits per heavy atom. The first-order chi connectivity index (χ1) is 10.6. The van der Waals surface area contributed by atoms with Gasteiger partial charge in [-0.15, -0.1) is 12.6 Å². The quantitative estimate of drug-likeness (QED) is 0.270. The third kappa shape index (κ3) is 7.10. The van der Waals surface area contributed by atoms with Crippen LogP contribution in [0.4, 0.5) is 5.82 Å². The Bertz CT molecular complexity index is 661. The van der Waals surface area contributed by atoms with Gasteiger partial charge in [-0.3, -0.25) is 9.32 Å². The summed E-state index contributed by atoms with van der Waals surface area (Å²) in [6.45, 7) is 3.16. The van der Waals surface area contributed by atoms with Crippen molar-refractivity contribution in [3.8, 4) is 0 Å². The molecular weight excluding hydrogens is 343 g/mol. The molecule has 0 aliphatic heterocycles. The van der Waals surface area contributed by atoms with Crippen LogP contribution < -0.4 is 11.1 Å². The van der Waals surface area contributed by atoms with Gasteiger partial charge in [0.25, 0.3) is 0 Å². The number of amides is 1. The topological polar surface area (TPSA) is 148 Å². The second-order valence-corrected chi connectivity index (χ2v) is 6.44. The van der Waals surface area contributed by atoms with Crippen LogP contribution in [-0.2, 0) is 20.4 Å². The summed E-state index contributed by atoms with van der Waals surface area (Å²) in [4.78, 5) is 37.5. The number of hydrogen-bond acceptors (Lipinski definition) is 7. The molecule has 0 aliphatic carbocycles. The highest BCUT2D eigenvalue weighted by molar-refractivity contribution is 7.84. The molecule has 1 aromatic heterocycles. The van der Waals surface area contributed by atoms with Crippen molar-refractivity contribution in [1.29, 1.82) is 0 Å². The molecule has 1 heterocycles. The molecule has 0 atom stereocenters. The molecule has 0 aliphatic rings. The summed E-state index contributed by atoms with van der Waals surface area (Å²) in [5.74, 6) is 0.447. The molecule has 0 saturated carbocycles. The lowest BCUT2D eigenvalue weighted by Crippen LogP contribution is -2.25. The lowest BCUT2D eigenvalue weighted by Gasteiger charge is -2.10. The van der Waals surface area contributed by atoms with Gasteiger partial charge < -0.3 is 20.8 Å². The number of anilines is 1. The normalized spacial score (nSPS) is 12.7. The van der Waals surface area contributed by atoms with Gasteiger partial charge in [0.1, 0.15) is 11.6 Å². The van der Waals surface area contributed by atoms with Gasteiger partial charge in [0.15, 0.2) is 0 Å². The molecule has 0 saturated heterocycles. The number of aromatic nitrogens is 2. The number of thiol groups is 1. The van der Waals surface area contributed by atoms with E-state index in [1.165, 1.54) is 6.20 Å². The van der Waals surface area contributed by atoms with Crippen LogP contribution in [0.25, 0.3) is 0 Å². The highest BCUT2D eigenvalue weighted by Crippen LogP contribution is 2.36. The Morgan fingerprint density at radius 2 is 2.17 bits per heavy atom. The summed E-state index contributed by atoms with van der Waals surface area (Å²) in [5.41, 5.74) is 6.63. The molecular formula is C12H19N4O5PS. The molecule has 0 radical (unpaired) electrons. The first-order valence-corrected chi connectivity index (χ1v) is 8.53. The summed E-state index contributed by atoms with van der Waals surface area (Å²) in [5, 5.41) is 2.65. The second-order valence-electron chi connectivity index (χ2n) is 4.66. The Balaban J connectivity index is 2.58. The number of nitrogens with zero attached hydrogens (tertiary/aromatic N) is 2. The molecule has 1 amide bonds. The minimum Gasteiger partial charge on any atom is -0.383 e. The van der Waals surface area contributed by atoms with Gasteiger partial charge in [0, 0.05) is 30.3 Å². The van der Waals surface area contributed by atoms with E-state index in [2.05, 4.69) is 32.4 Å². The number of aryl methyl sites for hydroxylation is 1. The predicted molar refractivity (Wildman–Crippen MR) is 87.3 cm³/mol. The van der Waals surface area contributed by atoms with Crippen LogP contribution >= 0.6 is 20.5 Å². The van der Waals surface area contributed by atoms with Crippen LogP contribution in [0.1, 0.15) is 24.7 Å². The zero-order valence-corrected chi connectivity index (χ0v) is 14.5. The van der Waals surface area contributed by atoms with Gasteiger partial charge >= 0.3 is 7.82 Å². The van der Waals surface area contributed by atoms with E-state index in [-0.39, 0.29) is 25.5 Å². The average Bonchev–Trinajstić information content (AvgIpc) is 2.43. The maximum absolute atomic E-state index is 12.0. The SMILES string of the molecule is C/C(C(=O)NCc1cnc(C)nc1N)=C(/S)CCOP(=O)(O)O. The Hall–Kier alpha value is -1.45. The third-order valence-electron chi connectivity index (χ3n) is 2.83. The van der Waals surface area contributed by atoms with Crippen molar-refractivity contribution in [2.75, 3.05) is 12.3 Å². The lowest BCUT2D eigenvalue weighted by atomic mass is 10.2. The van der Waals surface area contributed by atoms with E-state index in [1.807, 2.05) is 0 Å². The fourth-order valence-electron chi connectivity index (χ4n) is 1.54. The van der Waals surface area contributed by atoms with Crippen LogP contribution in [0.3, 0.4) is 0 Å². The van der Waals surface area contributed by atoms with Crippen LogP contribution in [0.2, 0.25) is 0 Å². The first kappa shape index (κ1) is 19.6. The van der Waals surface area contributed by atoms with Crippen molar-refractivity contribution in [3.63, 3.8) is 0 Å². The molecule has 0 aromatic carbocycles. The van der Waals surface area contributed by atoms with Crippen molar-refractivity contribution >= 4 is 32.2 Å². The van der Waals surface area contributed by atoms with Crippen LogP contribution in [0.5, 0.6) is 0 Å². The molecule has 5 N–H and O–H groups in total. The van der Waals surface area contributed by atoms with Crippen LogP contribution in [0.15, 0.2) is 16.7 Å². The van der Waals surface area contributed by atoms with Gasteiger partial charge in [0.2, 0.25) is 5.91 Å². The Kier molecular flexibility index (Phi) is 7.17. The van der Waals surface area contributed by atoms with E-state index < -0.39 is 7.82 Å². The largest absolute Gasteiger partial charge is 0.469 e. The van der Waals surface area contributed by atoms with Gasteiger partial charge in [-0.05, 0) is 18.8 Å². The molecule has 0 unspecified atom stereocenters. The molecule has 1 rings (SSSR count). The van der Waals surface area contributed by atoms with E-state index in [9.17, 15) is 9.36 Å². The molecule has 128 valence electrons. The molecule has 0 bridgehead atoms. The molecule has 23 heavy (non-hydrogen) atoms. The van der Waals surface area contributed by atoms with Crippen molar-refractivity contribution < 1.29 is 23.7 Å². The van der Waals surface area contributed by atoms with E-state index in [4.69, 9.17) is 15.5 Å². The monoisotopic (exact) mass is 362 g/mol. The number of carbonyl (C=O) groups is 1. The summed E-state index contributed by atoms with van der Waals surface area (Å²) < 4.78 is 14.9. The number of phosphoric ester groups is 1. The number of hydrogen-bond donors (Lipinski definition) is 5. The van der Waals surface area contributed by atoms with E-state index in [1.54, 1.807) is 13.8 Å². The highest BCUT2D eigenvalue weighted by Gasteiger charge is 2.15. The van der Waals surface area contributed by atoms with Crippen molar-refractivity contribution in [3.05, 3.63) is 28.1 Å². The second kappa shape index (κ2) is 8.42. The highest BCUT2D eigenvalue weighted by atomic mass is 32.1. The van der Waals surface area contributed by atoms with Gasteiger partial charge in [0.05, 0.1) is 6.61 Å². The fourth-order valence-corrected chi connectivity index (χ4v) is 2.06. The van der Waals surface area contributed by atoms with Crippen LogP contribution in [0, 0.1) is 6.92 Å².